The van der Waals surface area contributed by atoms with Crippen molar-refractivity contribution in [3.63, 3.8) is 0 Å². The molecule has 0 N–H and O–H groups in total. The highest BCUT2D eigenvalue weighted by atomic mass is 31.2. The Bertz CT molecular complexity index is 248. The molecule has 4 nitrogen and oxygen atoms in total. The first-order valence-electron chi connectivity index (χ1n) is 4.37. The van der Waals surface area contributed by atoms with E-state index in [-0.39, 0.29) is 0 Å². The molecule has 0 aliphatic heterocycles. The van der Waals surface area contributed by atoms with Gasteiger partial charge in [0.1, 0.15) is 6.29 Å². The molecule has 5 heteroatoms. The summed E-state index contributed by atoms with van der Waals surface area (Å²) in [5.74, 6) is 1.33. The van der Waals surface area contributed by atoms with E-state index in [4.69, 9.17) is 9.05 Å². The Morgan fingerprint density at radius 1 is 1.07 bits per heavy atom. The second kappa shape index (κ2) is 7.68. The molecule has 0 aliphatic carbocycles. The van der Waals surface area contributed by atoms with E-state index in [1.165, 1.54) is 24.0 Å². The smallest absolute Gasteiger partial charge is 0.306 e. The summed E-state index contributed by atoms with van der Waals surface area (Å²) in [6.45, 7) is 4.11. The second-order valence-corrected chi connectivity index (χ2v) is 4.13. The molecule has 0 saturated carbocycles. The number of hydrogen-bond acceptors (Lipinski definition) is 4. The summed E-state index contributed by atoms with van der Waals surface area (Å²) >= 11 is 0. The molecule has 0 spiro atoms. The Kier molecular flexibility index (Phi) is 7.30. The van der Waals surface area contributed by atoms with Crippen LogP contribution in [0.4, 0.5) is 0 Å². The van der Waals surface area contributed by atoms with Crippen LogP contribution in [0.5, 0.6) is 0 Å². The average molecular weight is 218 g/mol. The number of carbonyl (C=O) groups is 1. The van der Waals surface area contributed by atoms with E-state index in [1.54, 1.807) is 13.8 Å². The third-order valence-electron chi connectivity index (χ3n) is 1.19. The van der Waals surface area contributed by atoms with Crippen LogP contribution in [0.3, 0.4) is 0 Å². The Morgan fingerprint density at radius 3 is 2.07 bits per heavy atom. The molecule has 0 aromatic heterocycles. The summed E-state index contributed by atoms with van der Waals surface area (Å²) in [4.78, 5) is 9.93. The topological polar surface area (TPSA) is 52.6 Å². The van der Waals surface area contributed by atoms with Crippen molar-refractivity contribution >= 4 is 13.9 Å². The van der Waals surface area contributed by atoms with Crippen LogP contribution in [0.2, 0.25) is 0 Å². The number of rotatable bonds is 7. The predicted molar refractivity (Wildman–Crippen MR) is 55.2 cm³/mol. The molecule has 0 fully saturated rings. The number of carbonyl (C=O) groups excluding carboxylic acids is 1. The third kappa shape index (κ3) is 5.86. The van der Waals surface area contributed by atoms with Crippen LogP contribution in [0.1, 0.15) is 13.8 Å². The maximum Gasteiger partial charge on any atom is 0.354 e. The maximum atomic E-state index is 11.7. The lowest BCUT2D eigenvalue weighted by atomic mass is 10.5. The monoisotopic (exact) mass is 218 g/mol. The SMILES string of the molecule is CCOP(=O)(/C=C\C=C\C=O)OCC. The van der Waals surface area contributed by atoms with E-state index in [0.29, 0.717) is 19.5 Å². The first-order chi connectivity index (χ1) is 6.68. The van der Waals surface area contributed by atoms with E-state index >= 15 is 0 Å². The molecule has 0 unspecified atom stereocenters. The Balaban J connectivity index is 4.34. The van der Waals surface area contributed by atoms with Gasteiger partial charge in [-0.3, -0.25) is 9.36 Å². The Labute approximate surface area is 84.1 Å². The van der Waals surface area contributed by atoms with E-state index in [0.717, 1.165) is 0 Å². The lowest BCUT2D eigenvalue weighted by Crippen LogP contribution is -1.92. The zero-order chi connectivity index (χ0) is 10.9. The van der Waals surface area contributed by atoms with Crippen LogP contribution >= 0.6 is 7.60 Å². The summed E-state index contributed by atoms with van der Waals surface area (Å²) in [6.07, 6.45) is 4.87. The second-order valence-electron chi connectivity index (χ2n) is 2.24. The van der Waals surface area contributed by atoms with Crippen molar-refractivity contribution in [2.75, 3.05) is 13.2 Å². The van der Waals surface area contributed by atoms with Crippen LogP contribution < -0.4 is 0 Å². The molecule has 0 amide bonds. The first-order valence-corrected chi connectivity index (χ1v) is 5.98. The summed E-state index contributed by atoms with van der Waals surface area (Å²) in [7, 11) is -3.11. The highest BCUT2D eigenvalue weighted by Gasteiger charge is 2.17. The lowest BCUT2D eigenvalue weighted by Gasteiger charge is -2.11. The van der Waals surface area contributed by atoms with Crippen molar-refractivity contribution in [1.82, 2.24) is 0 Å². The van der Waals surface area contributed by atoms with Crippen LogP contribution in [0, 0.1) is 0 Å². The van der Waals surface area contributed by atoms with Crippen molar-refractivity contribution in [1.29, 1.82) is 0 Å². The quantitative estimate of drug-likeness (QED) is 0.285. The van der Waals surface area contributed by atoms with Gasteiger partial charge in [-0.2, -0.15) is 0 Å². The van der Waals surface area contributed by atoms with Gasteiger partial charge in [0.05, 0.1) is 13.2 Å². The number of hydrogen-bond donors (Lipinski definition) is 0. The molecule has 0 radical (unpaired) electrons. The van der Waals surface area contributed by atoms with Crippen molar-refractivity contribution in [2.45, 2.75) is 13.8 Å². The molecule has 0 atom stereocenters. The Morgan fingerprint density at radius 2 is 1.64 bits per heavy atom. The molecule has 0 rings (SSSR count). The average Bonchev–Trinajstić information content (AvgIpc) is 2.13. The van der Waals surface area contributed by atoms with E-state index in [9.17, 15) is 9.36 Å². The van der Waals surface area contributed by atoms with Gasteiger partial charge < -0.3 is 9.05 Å². The zero-order valence-electron chi connectivity index (χ0n) is 8.38. The van der Waals surface area contributed by atoms with E-state index in [2.05, 4.69) is 0 Å². The first kappa shape index (κ1) is 13.3. The summed E-state index contributed by atoms with van der Waals surface area (Å²) in [5, 5.41) is 0. The van der Waals surface area contributed by atoms with Gasteiger partial charge in [-0.1, -0.05) is 12.2 Å². The van der Waals surface area contributed by atoms with Crippen molar-refractivity contribution in [3.05, 3.63) is 24.0 Å². The van der Waals surface area contributed by atoms with Crippen molar-refractivity contribution in [3.8, 4) is 0 Å². The van der Waals surface area contributed by atoms with Gasteiger partial charge in [0.15, 0.2) is 0 Å². The molecule has 0 aromatic rings. The summed E-state index contributed by atoms with van der Waals surface area (Å²) < 4.78 is 21.7. The van der Waals surface area contributed by atoms with Crippen LogP contribution in [0.25, 0.3) is 0 Å². The molecule has 14 heavy (non-hydrogen) atoms. The fourth-order valence-corrected chi connectivity index (χ4v) is 2.02. The maximum absolute atomic E-state index is 11.7. The van der Waals surface area contributed by atoms with Gasteiger partial charge in [-0.25, -0.2) is 0 Å². The van der Waals surface area contributed by atoms with E-state index in [1.807, 2.05) is 0 Å². The standard InChI is InChI=1S/C9H15O4P/c1-3-12-14(11,13-4-2)9-7-5-6-8-10/h5-9H,3-4H2,1-2H3/b6-5+,9-7-. The van der Waals surface area contributed by atoms with Gasteiger partial charge in [-0.05, 0) is 19.9 Å². The van der Waals surface area contributed by atoms with Crippen LogP contribution in [-0.4, -0.2) is 19.5 Å². The minimum absolute atomic E-state index is 0.318. The molecule has 0 heterocycles. The molecular formula is C9H15O4P. The molecule has 0 saturated heterocycles. The van der Waals surface area contributed by atoms with Gasteiger partial charge in [-0.15, -0.1) is 0 Å². The molecular weight excluding hydrogens is 203 g/mol. The minimum Gasteiger partial charge on any atom is -0.306 e. The van der Waals surface area contributed by atoms with Gasteiger partial charge in [0, 0.05) is 5.82 Å². The summed E-state index contributed by atoms with van der Waals surface area (Å²) in [5.41, 5.74) is 0. The molecule has 0 aliphatic rings. The Hall–Kier alpha value is -0.700. The molecule has 80 valence electrons. The molecule has 0 aromatic carbocycles. The van der Waals surface area contributed by atoms with Gasteiger partial charge in [0.25, 0.3) is 0 Å². The number of aldehydes is 1. The largest absolute Gasteiger partial charge is 0.354 e. The minimum atomic E-state index is -3.11. The lowest BCUT2D eigenvalue weighted by molar-refractivity contribution is -0.104. The van der Waals surface area contributed by atoms with Gasteiger partial charge in [0.2, 0.25) is 0 Å². The fraction of sp³-hybridized carbons (Fsp3) is 0.444. The highest BCUT2D eigenvalue weighted by Crippen LogP contribution is 2.49. The third-order valence-corrected chi connectivity index (χ3v) is 2.96. The fourth-order valence-electron chi connectivity index (χ4n) is 0.748. The van der Waals surface area contributed by atoms with Crippen LogP contribution in [-0.2, 0) is 18.4 Å². The zero-order valence-corrected chi connectivity index (χ0v) is 9.28. The summed E-state index contributed by atoms with van der Waals surface area (Å²) in [6, 6.07) is 0. The highest BCUT2D eigenvalue weighted by molar-refractivity contribution is 7.57. The van der Waals surface area contributed by atoms with Gasteiger partial charge >= 0.3 is 7.60 Å². The normalized spacial score (nSPS) is 12.7. The van der Waals surface area contributed by atoms with Crippen molar-refractivity contribution < 1.29 is 18.4 Å². The van der Waals surface area contributed by atoms with Crippen LogP contribution in [0.15, 0.2) is 24.0 Å². The number of allylic oxidation sites excluding steroid dienone is 3. The predicted octanol–water partition coefficient (Wildman–Crippen LogP) is 2.52. The van der Waals surface area contributed by atoms with Crippen molar-refractivity contribution in [2.24, 2.45) is 0 Å². The van der Waals surface area contributed by atoms with E-state index < -0.39 is 7.60 Å². The molecule has 0 bridgehead atoms.